The minimum Gasteiger partial charge on any atom is -0.503 e. The van der Waals surface area contributed by atoms with E-state index in [1.165, 1.54) is 0 Å². The van der Waals surface area contributed by atoms with Gasteiger partial charge in [-0.05, 0) is 0 Å². The Morgan fingerprint density at radius 3 is 2.56 bits per heavy atom. The van der Waals surface area contributed by atoms with E-state index in [4.69, 9.17) is 5.11 Å². The number of hydrogen-bond acceptors (Lipinski definition) is 3. The van der Waals surface area contributed by atoms with Gasteiger partial charge in [0, 0.05) is 0 Å². The van der Waals surface area contributed by atoms with Crippen LogP contribution in [0.5, 0.6) is 5.75 Å². The van der Waals surface area contributed by atoms with Gasteiger partial charge in [0.1, 0.15) is 0 Å². The lowest BCUT2D eigenvalue weighted by Gasteiger charge is -1.84. The lowest BCUT2D eigenvalue weighted by molar-refractivity contribution is 0.463. The number of aromatic hydroxyl groups is 1. The van der Waals surface area contributed by atoms with Gasteiger partial charge in [0.2, 0.25) is 0 Å². The molecule has 0 unspecified atom stereocenters. The van der Waals surface area contributed by atoms with Crippen LogP contribution in [0.2, 0.25) is 0 Å². The monoisotopic (exact) mass is 128 g/mol. The Kier molecular flexibility index (Phi) is 1.11. The summed E-state index contributed by atoms with van der Waals surface area (Å²) in [6, 6.07) is 0. The quantitative estimate of drug-likeness (QED) is 0.382. The summed E-state index contributed by atoms with van der Waals surface area (Å²) in [7, 11) is 0. The first-order valence-corrected chi connectivity index (χ1v) is 2.21. The molecule has 1 heterocycles. The molecule has 5 heteroatoms. The van der Waals surface area contributed by atoms with Crippen LogP contribution >= 0.6 is 0 Å². The summed E-state index contributed by atoms with van der Waals surface area (Å²) in [6.45, 7) is 0. The molecule has 1 aromatic heterocycles. The molecule has 0 fully saturated rings. The third-order valence-corrected chi connectivity index (χ3v) is 0.833. The van der Waals surface area contributed by atoms with Crippen LogP contribution in [-0.2, 0) is 0 Å². The molecule has 3 N–H and O–H groups in total. The topological polar surface area (TPSA) is 85.9 Å². The van der Waals surface area contributed by atoms with Crippen molar-refractivity contribution in [3.63, 3.8) is 0 Å². The van der Waals surface area contributed by atoms with Gasteiger partial charge in [0.15, 0.2) is 5.75 Å². The van der Waals surface area contributed by atoms with Gasteiger partial charge in [-0.15, -0.1) is 0 Å². The second kappa shape index (κ2) is 1.77. The molecule has 0 aromatic carbocycles. The van der Waals surface area contributed by atoms with Crippen molar-refractivity contribution in [3.8, 4) is 5.75 Å². The Bertz CT molecular complexity index is 310. The van der Waals surface area contributed by atoms with E-state index in [-0.39, 0.29) is 0 Å². The largest absolute Gasteiger partial charge is 0.503 e. The molecule has 5 nitrogen and oxygen atoms in total. The smallest absolute Gasteiger partial charge is 0.314 e. The zero-order valence-electron chi connectivity index (χ0n) is 4.34. The first kappa shape index (κ1) is 5.61. The van der Waals surface area contributed by atoms with E-state index in [0.29, 0.717) is 0 Å². The molecule has 0 aliphatic rings. The van der Waals surface area contributed by atoms with E-state index < -0.39 is 16.7 Å². The minimum absolute atomic E-state index is 0.571. The second-order valence-electron chi connectivity index (χ2n) is 1.46. The summed E-state index contributed by atoms with van der Waals surface area (Å²) < 4.78 is 0. The molecule has 0 radical (unpaired) electrons. The fraction of sp³-hybridized carbons (Fsp3) is 0. The first-order valence-electron chi connectivity index (χ1n) is 2.21. The standard InChI is InChI=1S/C4H4N2O3/c7-2-1-5-6-4(9)3(2)8/h1H,(H,5,8)(H2,6,7,9). The molecular formula is C4H4N2O3. The van der Waals surface area contributed by atoms with E-state index in [1.54, 1.807) is 0 Å². The zero-order chi connectivity index (χ0) is 6.85. The van der Waals surface area contributed by atoms with E-state index >= 15 is 0 Å². The molecule has 0 aliphatic carbocycles. The van der Waals surface area contributed by atoms with Crippen molar-refractivity contribution < 1.29 is 5.11 Å². The number of aromatic nitrogens is 2. The van der Waals surface area contributed by atoms with Crippen LogP contribution in [0.25, 0.3) is 0 Å². The molecular weight excluding hydrogens is 124 g/mol. The van der Waals surface area contributed by atoms with E-state index in [0.717, 1.165) is 6.20 Å². The van der Waals surface area contributed by atoms with Gasteiger partial charge in [-0.2, -0.15) is 0 Å². The second-order valence-corrected chi connectivity index (χ2v) is 1.46. The highest BCUT2D eigenvalue weighted by molar-refractivity contribution is 5.10. The normalized spacial score (nSPS) is 9.33. The Hall–Kier alpha value is -1.52. The van der Waals surface area contributed by atoms with Crippen LogP contribution in [0.15, 0.2) is 15.8 Å². The summed E-state index contributed by atoms with van der Waals surface area (Å²) in [5.41, 5.74) is -1.77. The van der Waals surface area contributed by atoms with Gasteiger partial charge >= 0.3 is 5.56 Å². The van der Waals surface area contributed by atoms with E-state index in [2.05, 4.69) is 5.10 Å². The summed E-state index contributed by atoms with van der Waals surface area (Å²) in [4.78, 5) is 20.6. The number of nitrogens with one attached hydrogen (secondary N) is 2. The fourth-order valence-corrected chi connectivity index (χ4v) is 0.409. The SMILES string of the molecule is O=c1[nH][nH]cc(O)c1=O. The molecule has 48 valence electrons. The van der Waals surface area contributed by atoms with E-state index in [9.17, 15) is 9.59 Å². The van der Waals surface area contributed by atoms with Crippen LogP contribution in [0.3, 0.4) is 0 Å². The van der Waals surface area contributed by atoms with Crippen LogP contribution in [0.1, 0.15) is 0 Å². The number of H-pyrrole nitrogens is 2. The molecule has 0 atom stereocenters. The van der Waals surface area contributed by atoms with Crippen molar-refractivity contribution in [2.45, 2.75) is 0 Å². The van der Waals surface area contributed by atoms with Crippen LogP contribution < -0.4 is 11.0 Å². The molecule has 1 aromatic rings. The first-order chi connectivity index (χ1) is 4.22. The average molecular weight is 128 g/mol. The molecule has 0 bridgehead atoms. The molecule has 1 rings (SSSR count). The van der Waals surface area contributed by atoms with Crippen LogP contribution in [-0.4, -0.2) is 15.3 Å². The van der Waals surface area contributed by atoms with Crippen molar-refractivity contribution in [1.29, 1.82) is 0 Å². The number of rotatable bonds is 0. The van der Waals surface area contributed by atoms with Crippen molar-refractivity contribution in [2.75, 3.05) is 0 Å². The Morgan fingerprint density at radius 1 is 1.44 bits per heavy atom. The molecule has 0 saturated heterocycles. The van der Waals surface area contributed by atoms with Crippen molar-refractivity contribution in [2.24, 2.45) is 0 Å². The highest BCUT2D eigenvalue weighted by Gasteiger charge is 1.96. The average Bonchev–Trinajstić information content (AvgIpc) is 1.83. The summed E-state index contributed by atoms with van der Waals surface area (Å²) in [6.07, 6.45) is 1.00. The predicted molar refractivity (Wildman–Crippen MR) is 29.3 cm³/mol. The Morgan fingerprint density at radius 2 is 2.11 bits per heavy atom. The van der Waals surface area contributed by atoms with Gasteiger partial charge in [0.25, 0.3) is 5.43 Å². The van der Waals surface area contributed by atoms with E-state index in [1.807, 2.05) is 5.10 Å². The molecule has 0 aliphatic heterocycles. The summed E-state index contributed by atoms with van der Waals surface area (Å²) >= 11 is 0. The molecule has 0 amide bonds. The highest BCUT2D eigenvalue weighted by Crippen LogP contribution is 1.86. The third-order valence-electron chi connectivity index (χ3n) is 0.833. The molecule has 9 heavy (non-hydrogen) atoms. The number of aromatic amines is 2. The number of hydrogen-bond donors (Lipinski definition) is 3. The van der Waals surface area contributed by atoms with Gasteiger partial charge in [-0.25, -0.2) is 0 Å². The zero-order valence-corrected chi connectivity index (χ0v) is 4.34. The summed E-state index contributed by atoms with van der Waals surface area (Å²) in [5, 5.41) is 12.7. The third kappa shape index (κ3) is 0.835. The minimum atomic E-state index is -0.922. The lowest BCUT2D eigenvalue weighted by Crippen LogP contribution is -2.26. The maximum Gasteiger partial charge on any atom is 0.314 e. The van der Waals surface area contributed by atoms with Gasteiger partial charge in [0.05, 0.1) is 6.20 Å². The molecule has 0 saturated carbocycles. The highest BCUT2D eigenvalue weighted by atomic mass is 16.3. The maximum atomic E-state index is 10.4. The van der Waals surface area contributed by atoms with Gasteiger partial charge in [-0.3, -0.25) is 14.7 Å². The van der Waals surface area contributed by atoms with Gasteiger partial charge < -0.3 is 10.2 Å². The predicted octanol–water partition coefficient (Wildman–Crippen LogP) is -1.23. The Balaban J connectivity index is 3.63. The maximum absolute atomic E-state index is 10.4. The van der Waals surface area contributed by atoms with Gasteiger partial charge in [-0.1, -0.05) is 0 Å². The Labute approximate surface area is 49.0 Å². The van der Waals surface area contributed by atoms with Crippen molar-refractivity contribution in [1.82, 2.24) is 10.2 Å². The fourth-order valence-electron chi connectivity index (χ4n) is 0.409. The van der Waals surface area contributed by atoms with Crippen molar-refractivity contribution in [3.05, 3.63) is 26.8 Å². The lowest BCUT2D eigenvalue weighted by atomic mass is 10.5. The van der Waals surface area contributed by atoms with Crippen LogP contribution in [0.4, 0.5) is 0 Å². The van der Waals surface area contributed by atoms with Crippen molar-refractivity contribution >= 4 is 0 Å². The summed E-state index contributed by atoms with van der Waals surface area (Å²) in [5.74, 6) is -0.571. The van der Waals surface area contributed by atoms with Crippen LogP contribution in [0, 0.1) is 0 Å². The molecule has 0 spiro atoms.